The van der Waals surface area contributed by atoms with Crippen molar-refractivity contribution < 1.29 is 27.4 Å². The van der Waals surface area contributed by atoms with Gasteiger partial charge in [0.1, 0.15) is 0 Å². The Balaban J connectivity index is 1.71. The zero-order valence-electron chi connectivity index (χ0n) is 17.6. The van der Waals surface area contributed by atoms with Crippen LogP contribution in [0.25, 0.3) is 11.1 Å². The Labute approximate surface area is 176 Å². The van der Waals surface area contributed by atoms with Crippen molar-refractivity contribution in [3.63, 3.8) is 0 Å². The summed E-state index contributed by atoms with van der Waals surface area (Å²) in [4.78, 5) is 0. The van der Waals surface area contributed by atoms with Crippen LogP contribution in [0.15, 0.2) is 30.3 Å². The van der Waals surface area contributed by atoms with Gasteiger partial charge in [-0.1, -0.05) is 38.5 Å². The van der Waals surface area contributed by atoms with Gasteiger partial charge < -0.3 is 14.2 Å². The van der Waals surface area contributed by atoms with Crippen molar-refractivity contribution in [2.45, 2.75) is 58.2 Å². The fraction of sp³-hybridized carbons (Fsp3) is 0.500. The minimum atomic E-state index is -0.976. The zero-order chi connectivity index (χ0) is 21.5. The van der Waals surface area contributed by atoms with Crippen LogP contribution in [-0.4, -0.2) is 26.1 Å². The lowest BCUT2D eigenvalue weighted by molar-refractivity contribution is -0.167. The molecule has 30 heavy (non-hydrogen) atoms. The first-order valence-electron chi connectivity index (χ1n) is 10.7. The molecule has 3 nitrogen and oxygen atoms in total. The van der Waals surface area contributed by atoms with Gasteiger partial charge in [0.15, 0.2) is 29.5 Å². The normalized spacial score (nSPS) is 19.1. The van der Waals surface area contributed by atoms with E-state index in [0.717, 1.165) is 19.3 Å². The SMILES string of the molecule is CCCCOC1CCC(c2ccc(-c3ccc(OCCC)c(F)c3)c(F)c2F)CO1. The average Bonchev–Trinajstić information content (AvgIpc) is 2.75. The minimum absolute atomic E-state index is 0.0229. The van der Waals surface area contributed by atoms with E-state index in [1.165, 1.54) is 24.3 Å². The lowest BCUT2D eigenvalue weighted by Crippen LogP contribution is -2.28. The summed E-state index contributed by atoms with van der Waals surface area (Å²) >= 11 is 0. The zero-order valence-corrected chi connectivity index (χ0v) is 17.6. The van der Waals surface area contributed by atoms with E-state index in [-0.39, 0.29) is 41.3 Å². The summed E-state index contributed by atoms with van der Waals surface area (Å²) in [6, 6.07) is 7.22. The average molecular weight is 422 g/mol. The molecule has 1 heterocycles. The highest BCUT2D eigenvalue weighted by Crippen LogP contribution is 2.35. The first-order valence-corrected chi connectivity index (χ1v) is 10.7. The quantitative estimate of drug-likeness (QED) is 0.426. The van der Waals surface area contributed by atoms with Gasteiger partial charge in [0.2, 0.25) is 0 Å². The molecule has 1 fully saturated rings. The highest BCUT2D eigenvalue weighted by Gasteiger charge is 2.27. The molecule has 0 amide bonds. The number of unbranched alkanes of at least 4 members (excludes halogenated alkanes) is 1. The van der Waals surface area contributed by atoms with E-state index < -0.39 is 17.5 Å². The highest BCUT2D eigenvalue weighted by molar-refractivity contribution is 5.66. The largest absolute Gasteiger partial charge is 0.491 e. The van der Waals surface area contributed by atoms with Crippen molar-refractivity contribution in [2.75, 3.05) is 19.8 Å². The maximum absolute atomic E-state index is 14.8. The fourth-order valence-corrected chi connectivity index (χ4v) is 3.56. The maximum Gasteiger partial charge on any atom is 0.166 e. The monoisotopic (exact) mass is 422 g/mol. The molecule has 6 heteroatoms. The number of rotatable bonds is 9. The van der Waals surface area contributed by atoms with E-state index in [9.17, 15) is 13.2 Å². The Hall–Kier alpha value is -2.05. The molecule has 0 spiro atoms. The summed E-state index contributed by atoms with van der Waals surface area (Å²) in [7, 11) is 0. The van der Waals surface area contributed by atoms with Gasteiger partial charge in [0.25, 0.3) is 0 Å². The molecular formula is C24H29F3O3. The topological polar surface area (TPSA) is 27.7 Å². The van der Waals surface area contributed by atoms with Crippen molar-refractivity contribution in [3.8, 4) is 16.9 Å². The third kappa shape index (κ3) is 5.35. The number of benzene rings is 2. The van der Waals surface area contributed by atoms with Crippen LogP contribution in [-0.2, 0) is 9.47 Å². The van der Waals surface area contributed by atoms with Crippen LogP contribution in [0.2, 0.25) is 0 Å². The second-order valence-corrected chi connectivity index (χ2v) is 7.59. The van der Waals surface area contributed by atoms with Crippen LogP contribution in [0.5, 0.6) is 5.75 Å². The van der Waals surface area contributed by atoms with Crippen LogP contribution in [0, 0.1) is 17.5 Å². The first kappa shape index (κ1) is 22.6. The third-order valence-electron chi connectivity index (χ3n) is 5.29. The summed E-state index contributed by atoms with van der Waals surface area (Å²) < 4.78 is 60.5. The molecule has 2 unspecified atom stereocenters. The molecule has 1 aliphatic rings. The lowest BCUT2D eigenvalue weighted by Gasteiger charge is -2.29. The van der Waals surface area contributed by atoms with Crippen molar-refractivity contribution in [2.24, 2.45) is 0 Å². The van der Waals surface area contributed by atoms with Crippen molar-refractivity contribution in [1.82, 2.24) is 0 Å². The van der Waals surface area contributed by atoms with Gasteiger partial charge in [-0.05, 0) is 48.9 Å². The second-order valence-electron chi connectivity index (χ2n) is 7.59. The number of hydrogen-bond acceptors (Lipinski definition) is 3. The molecule has 0 N–H and O–H groups in total. The Kier molecular flexibility index (Phi) is 8.16. The third-order valence-corrected chi connectivity index (χ3v) is 5.29. The van der Waals surface area contributed by atoms with Gasteiger partial charge >= 0.3 is 0 Å². The lowest BCUT2D eigenvalue weighted by atomic mass is 9.90. The maximum atomic E-state index is 14.8. The number of ether oxygens (including phenoxy) is 3. The van der Waals surface area contributed by atoms with Gasteiger partial charge in [-0.2, -0.15) is 0 Å². The summed E-state index contributed by atoms with van der Waals surface area (Å²) in [6.07, 6.45) is 3.78. The summed E-state index contributed by atoms with van der Waals surface area (Å²) in [6.45, 7) is 5.32. The molecule has 0 aromatic heterocycles. The fourth-order valence-electron chi connectivity index (χ4n) is 3.56. The molecule has 0 bridgehead atoms. The molecule has 2 aromatic carbocycles. The predicted octanol–water partition coefficient (Wildman–Crippen LogP) is 6.60. The number of halogens is 3. The molecule has 3 rings (SSSR count). The molecular weight excluding hydrogens is 393 g/mol. The van der Waals surface area contributed by atoms with E-state index in [2.05, 4.69) is 6.92 Å². The van der Waals surface area contributed by atoms with E-state index in [4.69, 9.17) is 14.2 Å². The Bertz CT molecular complexity index is 833. The van der Waals surface area contributed by atoms with Gasteiger partial charge in [-0.15, -0.1) is 0 Å². The Morgan fingerprint density at radius 3 is 2.47 bits per heavy atom. The van der Waals surface area contributed by atoms with Crippen LogP contribution in [0.3, 0.4) is 0 Å². The van der Waals surface area contributed by atoms with E-state index in [1.807, 2.05) is 6.92 Å². The van der Waals surface area contributed by atoms with Crippen LogP contribution >= 0.6 is 0 Å². The van der Waals surface area contributed by atoms with E-state index in [1.54, 1.807) is 6.07 Å². The minimum Gasteiger partial charge on any atom is -0.491 e. The number of hydrogen-bond donors (Lipinski definition) is 0. The van der Waals surface area contributed by atoms with Gasteiger partial charge in [0.05, 0.1) is 13.2 Å². The molecule has 1 saturated heterocycles. The van der Waals surface area contributed by atoms with E-state index >= 15 is 0 Å². The smallest absolute Gasteiger partial charge is 0.166 e. The Morgan fingerprint density at radius 1 is 0.967 bits per heavy atom. The predicted molar refractivity (Wildman–Crippen MR) is 110 cm³/mol. The molecule has 0 radical (unpaired) electrons. The van der Waals surface area contributed by atoms with Crippen LogP contribution in [0.1, 0.15) is 57.4 Å². The van der Waals surface area contributed by atoms with Gasteiger partial charge in [0, 0.05) is 18.1 Å². The molecule has 2 aromatic rings. The van der Waals surface area contributed by atoms with Crippen molar-refractivity contribution in [3.05, 3.63) is 53.3 Å². The Morgan fingerprint density at radius 2 is 1.80 bits per heavy atom. The van der Waals surface area contributed by atoms with Crippen molar-refractivity contribution in [1.29, 1.82) is 0 Å². The molecule has 0 aliphatic carbocycles. The van der Waals surface area contributed by atoms with E-state index in [0.29, 0.717) is 26.1 Å². The van der Waals surface area contributed by atoms with Crippen LogP contribution in [0.4, 0.5) is 13.2 Å². The standard InChI is InChI=1S/C24H29F3O3/c1-3-5-13-29-22-11-7-17(15-30-22)19-9-8-18(23(26)24(19)27)16-6-10-21(20(25)14-16)28-12-4-2/h6,8-10,14,17,22H,3-5,7,11-13,15H2,1-2H3. The van der Waals surface area contributed by atoms with Gasteiger partial charge in [-0.3, -0.25) is 0 Å². The summed E-state index contributed by atoms with van der Waals surface area (Å²) in [5.41, 5.74) is 0.574. The summed E-state index contributed by atoms with van der Waals surface area (Å²) in [5.74, 6) is -2.61. The molecule has 2 atom stereocenters. The second kappa shape index (κ2) is 10.8. The molecule has 0 saturated carbocycles. The van der Waals surface area contributed by atoms with Crippen LogP contribution < -0.4 is 4.74 Å². The summed E-state index contributed by atoms with van der Waals surface area (Å²) in [5, 5.41) is 0. The molecule has 164 valence electrons. The van der Waals surface area contributed by atoms with Gasteiger partial charge in [-0.25, -0.2) is 13.2 Å². The molecule has 1 aliphatic heterocycles. The highest BCUT2D eigenvalue weighted by atomic mass is 19.2. The first-order chi connectivity index (χ1) is 14.5. The van der Waals surface area contributed by atoms with Crippen molar-refractivity contribution >= 4 is 0 Å².